The first kappa shape index (κ1) is 11.5. The second-order valence-electron chi connectivity index (χ2n) is 4.58. The van der Waals surface area contributed by atoms with Crippen LogP contribution in [-0.4, -0.2) is 21.5 Å². The Morgan fingerprint density at radius 3 is 2.47 bits per heavy atom. The molecule has 0 amide bonds. The molecule has 0 atom stereocenters. The van der Waals surface area contributed by atoms with E-state index in [4.69, 9.17) is 0 Å². The van der Waals surface area contributed by atoms with Crippen molar-refractivity contribution in [2.45, 2.75) is 13.8 Å². The molecule has 94 valence electrons. The van der Waals surface area contributed by atoms with Gasteiger partial charge in [0.15, 0.2) is 5.78 Å². The molecule has 3 rings (SSSR count). The number of aromatic amines is 1. The highest BCUT2D eigenvalue weighted by Crippen LogP contribution is 2.27. The van der Waals surface area contributed by atoms with Crippen LogP contribution in [0.15, 0.2) is 23.1 Å². The van der Waals surface area contributed by atoms with Gasteiger partial charge in [-0.25, -0.2) is 0 Å². The maximum Gasteiger partial charge on any atom is 0.248 e. The van der Waals surface area contributed by atoms with Gasteiger partial charge in [-0.1, -0.05) is 0 Å². The minimum atomic E-state index is -0.408. The molecular weight excluding hydrogens is 244 g/mol. The van der Waals surface area contributed by atoms with E-state index < -0.39 is 11.3 Å². The molecule has 2 heterocycles. The van der Waals surface area contributed by atoms with Crippen LogP contribution in [0.3, 0.4) is 0 Å². The molecule has 0 saturated carbocycles. The third kappa shape index (κ3) is 1.48. The third-order valence-corrected chi connectivity index (χ3v) is 3.30. The summed E-state index contributed by atoms with van der Waals surface area (Å²) in [5, 5.41) is 0. The van der Waals surface area contributed by atoms with Crippen LogP contribution in [0.4, 0.5) is 0 Å². The summed E-state index contributed by atoms with van der Waals surface area (Å²) in [5.41, 5.74) is 1.57. The normalized spacial score (nSPS) is 13.2. The Bertz CT molecular complexity index is 803. The summed E-state index contributed by atoms with van der Waals surface area (Å²) in [6.07, 6.45) is 1.48. The van der Waals surface area contributed by atoms with E-state index in [1.54, 1.807) is 19.9 Å². The monoisotopic (exact) mass is 254 g/mol. The van der Waals surface area contributed by atoms with Crippen molar-refractivity contribution in [3.63, 3.8) is 0 Å². The lowest BCUT2D eigenvalue weighted by atomic mass is 9.86. The number of fused-ring (bicyclic) bond motifs is 2. The van der Waals surface area contributed by atoms with E-state index in [1.807, 2.05) is 0 Å². The molecule has 0 aromatic carbocycles. The largest absolute Gasteiger partial charge is 0.318 e. The second kappa shape index (κ2) is 3.71. The number of carbonyl (C=O) groups excluding carboxylic acids is 2. The summed E-state index contributed by atoms with van der Waals surface area (Å²) < 4.78 is 0. The molecule has 0 aliphatic heterocycles. The first-order chi connectivity index (χ1) is 9.00. The zero-order chi connectivity index (χ0) is 13.7. The summed E-state index contributed by atoms with van der Waals surface area (Å²) in [5.74, 6) is -0.668. The van der Waals surface area contributed by atoms with Gasteiger partial charge in [0.05, 0.1) is 11.1 Å². The van der Waals surface area contributed by atoms with Gasteiger partial charge < -0.3 is 4.98 Å². The molecule has 5 heteroatoms. The van der Waals surface area contributed by atoms with Crippen molar-refractivity contribution in [1.29, 1.82) is 0 Å². The predicted octanol–water partition coefficient (Wildman–Crippen LogP) is 1.16. The molecule has 19 heavy (non-hydrogen) atoms. The lowest BCUT2D eigenvalue weighted by Gasteiger charge is -2.18. The van der Waals surface area contributed by atoms with Crippen molar-refractivity contribution >= 4 is 11.6 Å². The number of aryl methyl sites for hydroxylation is 2. The van der Waals surface area contributed by atoms with E-state index >= 15 is 0 Å². The Morgan fingerprint density at radius 2 is 1.74 bits per heavy atom. The van der Waals surface area contributed by atoms with E-state index in [-0.39, 0.29) is 22.7 Å². The number of hydrogen-bond acceptors (Lipinski definition) is 4. The fraction of sp³-hybridized carbons (Fsp3) is 0.143. The first-order valence-electron chi connectivity index (χ1n) is 5.79. The second-order valence-corrected chi connectivity index (χ2v) is 4.58. The SMILES string of the molecule is Cc1ccnc2c1C(=O)c1c(C)cc(=O)[nH]c1C2=O. The van der Waals surface area contributed by atoms with E-state index in [9.17, 15) is 14.4 Å². The summed E-state index contributed by atoms with van der Waals surface area (Å²) in [6, 6.07) is 3.01. The van der Waals surface area contributed by atoms with E-state index in [2.05, 4.69) is 9.97 Å². The number of ketones is 2. The van der Waals surface area contributed by atoms with Gasteiger partial charge in [0, 0.05) is 12.3 Å². The number of hydrogen-bond donors (Lipinski definition) is 1. The van der Waals surface area contributed by atoms with Gasteiger partial charge in [-0.15, -0.1) is 0 Å². The predicted molar refractivity (Wildman–Crippen MR) is 67.6 cm³/mol. The zero-order valence-electron chi connectivity index (χ0n) is 10.4. The average molecular weight is 254 g/mol. The molecule has 0 spiro atoms. The molecule has 0 fully saturated rings. The van der Waals surface area contributed by atoms with Crippen molar-refractivity contribution in [3.8, 4) is 0 Å². The standard InChI is InChI=1S/C14H10N2O3/c1-6-3-4-15-11-9(6)13(18)10-7(2)5-8(17)16-12(10)14(11)19/h3-5H,1-2H3,(H,16,17). The highest BCUT2D eigenvalue weighted by atomic mass is 16.1. The van der Waals surface area contributed by atoms with Crippen molar-refractivity contribution < 1.29 is 9.59 Å². The Labute approximate surface area is 108 Å². The van der Waals surface area contributed by atoms with Crippen molar-refractivity contribution in [2.75, 3.05) is 0 Å². The van der Waals surface area contributed by atoms with Gasteiger partial charge in [-0.2, -0.15) is 0 Å². The maximum absolute atomic E-state index is 12.5. The van der Waals surface area contributed by atoms with Gasteiger partial charge >= 0.3 is 0 Å². The zero-order valence-corrected chi connectivity index (χ0v) is 10.4. The molecule has 2 aromatic rings. The number of H-pyrrole nitrogens is 1. The van der Waals surface area contributed by atoms with Crippen LogP contribution in [0.5, 0.6) is 0 Å². The van der Waals surface area contributed by atoms with Crippen molar-refractivity contribution in [2.24, 2.45) is 0 Å². The van der Waals surface area contributed by atoms with Crippen LogP contribution in [0.1, 0.15) is 43.2 Å². The molecule has 0 unspecified atom stereocenters. The van der Waals surface area contributed by atoms with Crippen LogP contribution in [-0.2, 0) is 0 Å². The minimum Gasteiger partial charge on any atom is -0.318 e. The summed E-state index contributed by atoms with van der Waals surface area (Å²) in [7, 11) is 0. The molecule has 1 N–H and O–H groups in total. The maximum atomic E-state index is 12.5. The lowest BCUT2D eigenvalue weighted by Crippen LogP contribution is -2.28. The fourth-order valence-corrected chi connectivity index (χ4v) is 2.41. The van der Waals surface area contributed by atoms with Crippen LogP contribution in [0, 0.1) is 13.8 Å². The number of rotatable bonds is 0. The number of carbonyl (C=O) groups is 2. The van der Waals surface area contributed by atoms with Crippen molar-refractivity contribution in [1.82, 2.24) is 9.97 Å². The number of pyridine rings is 2. The topological polar surface area (TPSA) is 79.9 Å². The Balaban J connectivity index is 2.43. The Morgan fingerprint density at radius 1 is 1.00 bits per heavy atom. The third-order valence-electron chi connectivity index (χ3n) is 3.30. The van der Waals surface area contributed by atoms with Gasteiger partial charge in [-0.05, 0) is 31.0 Å². The molecule has 0 bridgehead atoms. The smallest absolute Gasteiger partial charge is 0.248 e. The average Bonchev–Trinajstić information content (AvgIpc) is 2.34. The molecule has 1 aliphatic rings. The molecule has 0 saturated heterocycles. The Kier molecular flexibility index (Phi) is 2.25. The number of aromatic nitrogens is 2. The number of nitrogens with zero attached hydrogens (tertiary/aromatic N) is 1. The highest BCUT2D eigenvalue weighted by molar-refractivity contribution is 6.27. The fourth-order valence-electron chi connectivity index (χ4n) is 2.41. The minimum absolute atomic E-state index is 0.0422. The van der Waals surface area contributed by atoms with Crippen LogP contribution >= 0.6 is 0 Å². The molecule has 1 aliphatic carbocycles. The number of nitrogens with one attached hydrogen (secondary N) is 1. The van der Waals surface area contributed by atoms with Crippen LogP contribution < -0.4 is 5.56 Å². The van der Waals surface area contributed by atoms with E-state index in [0.717, 1.165) is 0 Å². The van der Waals surface area contributed by atoms with Gasteiger partial charge in [0.1, 0.15) is 11.4 Å². The van der Waals surface area contributed by atoms with Crippen LogP contribution in [0.25, 0.3) is 0 Å². The highest BCUT2D eigenvalue weighted by Gasteiger charge is 2.34. The molecule has 2 aromatic heterocycles. The first-order valence-corrected chi connectivity index (χ1v) is 5.79. The van der Waals surface area contributed by atoms with E-state index in [1.165, 1.54) is 12.3 Å². The summed E-state index contributed by atoms with van der Waals surface area (Å²) in [4.78, 5) is 42.7. The lowest BCUT2D eigenvalue weighted by molar-refractivity contribution is 0.0970. The molecule has 5 nitrogen and oxygen atoms in total. The van der Waals surface area contributed by atoms with Crippen molar-refractivity contribution in [3.05, 3.63) is 62.3 Å². The summed E-state index contributed by atoms with van der Waals surface area (Å²) in [6.45, 7) is 3.41. The summed E-state index contributed by atoms with van der Waals surface area (Å²) >= 11 is 0. The molecule has 0 radical (unpaired) electrons. The van der Waals surface area contributed by atoms with E-state index in [0.29, 0.717) is 16.7 Å². The van der Waals surface area contributed by atoms with Gasteiger partial charge in [-0.3, -0.25) is 19.4 Å². The molecular formula is C14H10N2O3. The van der Waals surface area contributed by atoms with Gasteiger partial charge in [0.25, 0.3) is 0 Å². The van der Waals surface area contributed by atoms with Crippen LogP contribution in [0.2, 0.25) is 0 Å². The quantitative estimate of drug-likeness (QED) is 0.653. The van der Waals surface area contributed by atoms with Gasteiger partial charge in [0.2, 0.25) is 11.3 Å². The Hall–Kier alpha value is -2.56.